The summed E-state index contributed by atoms with van der Waals surface area (Å²) in [5, 5.41) is 6.80. The molecule has 2 rings (SSSR count). The molecule has 0 aliphatic heterocycles. The van der Waals surface area contributed by atoms with Crippen LogP contribution in [0.3, 0.4) is 0 Å². The van der Waals surface area contributed by atoms with Gasteiger partial charge in [-0.2, -0.15) is 0 Å². The van der Waals surface area contributed by atoms with Gasteiger partial charge in [-0.05, 0) is 25.2 Å². The second kappa shape index (κ2) is 12.6. The number of hydrogen-bond acceptors (Lipinski definition) is 2. The van der Waals surface area contributed by atoms with E-state index in [1.165, 1.54) is 44.9 Å². The third-order valence-electron chi connectivity index (χ3n) is 4.47. The summed E-state index contributed by atoms with van der Waals surface area (Å²) in [4.78, 5) is 8.33. The summed E-state index contributed by atoms with van der Waals surface area (Å²) in [6.45, 7) is 2.95. The fourth-order valence-corrected chi connectivity index (χ4v) is 3.18. The van der Waals surface area contributed by atoms with Gasteiger partial charge in [0.05, 0.1) is 6.33 Å². The monoisotopic (exact) mass is 433 g/mol. The van der Waals surface area contributed by atoms with Gasteiger partial charge in [-0.1, -0.05) is 32.1 Å². The maximum Gasteiger partial charge on any atom is 0.190 e. The Morgan fingerprint density at radius 3 is 2.57 bits per heavy atom. The predicted molar refractivity (Wildman–Crippen MR) is 107 cm³/mol. The Balaban J connectivity index is 0.00000264. The van der Waals surface area contributed by atoms with Crippen molar-refractivity contribution in [2.45, 2.75) is 57.9 Å². The van der Waals surface area contributed by atoms with E-state index in [0.29, 0.717) is 0 Å². The van der Waals surface area contributed by atoms with Crippen molar-refractivity contribution in [3.05, 3.63) is 18.7 Å². The maximum atomic E-state index is 4.28. The molecule has 0 radical (unpaired) electrons. The molecule has 0 amide bonds. The van der Waals surface area contributed by atoms with E-state index in [9.17, 15) is 0 Å². The molecular weight excluding hydrogens is 401 g/mol. The minimum absolute atomic E-state index is 0. The molecule has 5 nitrogen and oxygen atoms in total. The van der Waals surface area contributed by atoms with Crippen LogP contribution in [0.5, 0.6) is 0 Å². The van der Waals surface area contributed by atoms with E-state index < -0.39 is 0 Å². The molecule has 0 spiro atoms. The van der Waals surface area contributed by atoms with Crippen LogP contribution in [0.25, 0.3) is 0 Å². The lowest BCUT2D eigenvalue weighted by Crippen LogP contribution is -2.38. The van der Waals surface area contributed by atoms with Crippen molar-refractivity contribution >= 4 is 29.9 Å². The van der Waals surface area contributed by atoms with E-state index in [4.69, 9.17) is 0 Å². The summed E-state index contributed by atoms with van der Waals surface area (Å²) in [5.74, 6) is 1.90. The highest BCUT2D eigenvalue weighted by molar-refractivity contribution is 14.0. The lowest BCUT2D eigenvalue weighted by atomic mass is 9.86. The van der Waals surface area contributed by atoms with Crippen LogP contribution >= 0.6 is 24.0 Å². The number of guanidine groups is 1. The third-order valence-corrected chi connectivity index (χ3v) is 4.47. The second-order valence-corrected chi connectivity index (χ2v) is 6.23. The molecule has 0 saturated heterocycles. The molecule has 1 aromatic rings. The summed E-state index contributed by atoms with van der Waals surface area (Å²) >= 11 is 0. The van der Waals surface area contributed by atoms with Crippen molar-refractivity contribution in [2.75, 3.05) is 20.1 Å². The Labute approximate surface area is 157 Å². The van der Waals surface area contributed by atoms with Crippen LogP contribution in [-0.2, 0) is 6.54 Å². The molecule has 2 N–H and O–H groups in total. The summed E-state index contributed by atoms with van der Waals surface area (Å²) in [6, 6.07) is 0. The third kappa shape index (κ3) is 8.58. The molecule has 6 heteroatoms. The predicted octanol–water partition coefficient (Wildman–Crippen LogP) is 3.42. The molecule has 1 saturated carbocycles. The molecule has 23 heavy (non-hydrogen) atoms. The molecule has 1 heterocycles. The van der Waals surface area contributed by atoms with Gasteiger partial charge < -0.3 is 15.2 Å². The molecule has 132 valence electrons. The Morgan fingerprint density at radius 2 is 1.91 bits per heavy atom. The van der Waals surface area contributed by atoms with Gasteiger partial charge in [0.2, 0.25) is 0 Å². The van der Waals surface area contributed by atoms with Crippen LogP contribution in [0.15, 0.2) is 23.7 Å². The van der Waals surface area contributed by atoms with Crippen LogP contribution in [0.1, 0.15) is 51.4 Å². The SMILES string of the molecule is CN=C(NCCCC1CCCCC1)NCCCn1ccnc1.I. The number of rotatable bonds is 8. The van der Waals surface area contributed by atoms with E-state index in [-0.39, 0.29) is 24.0 Å². The van der Waals surface area contributed by atoms with Crippen LogP contribution in [0.2, 0.25) is 0 Å². The molecule has 1 aliphatic rings. The molecular formula is C17H32IN5. The van der Waals surface area contributed by atoms with Gasteiger partial charge in [-0.3, -0.25) is 4.99 Å². The van der Waals surface area contributed by atoms with Gasteiger partial charge in [0, 0.05) is 39.1 Å². The van der Waals surface area contributed by atoms with Crippen molar-refractivity contribution in [1.29, 1.82) is 0 Å². The van der Waals surface area contributed by atoms with Crippen LogP contribution < -0.4 is 10.6 Å². The van der Waals surface area contributed by atoms with Crippen molar-refractivity contribution in [2.24, 2.45) is 10.9 Å². The van der Waals surface area contributed by atoms with E-state index in [1.807, 2.05) is 25.8 Å². The van der Waals surface area contributed by atoms with Gasteiger partial charge in [-0.25, -0.2) is 4.98 Å². The highest BCUT2D eigenvalue weighted by atomic mass is 127. The molecule has 1 aliphatic carbocycles. The zero-order valence-corrected chi connectivity index (χ0v) is 16.7. The highest BCUT2D eigenvalue weighted by Gasteiger charge is 2.12. The number of nitrogens with one attached hydrogen (secondary N) is 2. The molecule has 0 unspecified atom stereocenters. The van der Waals surface area contributed by atoms with Crippen molar-refractivity contribution in [3.8, 4) is 0 Å². The molecule has 1 aromatic heterocycles. The summed E-state index contributed by atoms with van der Waals surface area (Å²) in [7, 11) is 1.84. The standard InChI is InChI=1S/C17H31N5.HI/c1-18-17(21-11-6-13-22-14-12-19-15-22)20-10-5-9-16-7-3-2-4-8-16;/h12,14-16H,2-11,13H2,1H3,(H2,18,20,21);1H. The van der Waals surface area contributed by atoms with Crippen molar-refractivity contribution < 1.29 is 0 Å². The minimum Gasteiger partial charge on any atom is -0.356 e. The van der Waals surface area contributed by atoms with E-state index >= 15 is 0 Å². The first kappa shape index (κ1) is 20.3. The minimum atomic E-state index is 0. The van der Waals surface area contributed by atoms with Gasteiger partial charge in [0.1, 0.15) is 0 Å². The molecule has 0 atom stereocenters. The summed E-state index contributed by atoms with van der Waals surface area (Å²) < 4.78 is 2.10. The normalized spacial score (nSPS) is 16.0. The Bertz CT molecular complexity index is 413. The molecule has 0 bridgehead atoms. The second-order valence-electron chi connectivity index (χ2n) is 6.23. The van der Waals surface area contributed by atoms with E-state index in [0.717, 1.165) is 37.9 Å². The number of aryl methyl sites for hydroxylation is 1. The number of imidazole rings is 1. The Hall–Kier alpha value is -0.790. The quantitative estimate of drug-likeness (QED) is 0.286. The maximum absolute atomic E-state index is 4.28. The lowest BCUT2D eigenvalue weighted by molar-refractivity contribution is 0.332. The Morgan fingerprint density at radius 1 is 1.17 bits per heavy atom. The topological polar surface area (TPSA) is 54.2 Å². The highest BCUT2D eigenvalue weighted by Crippen LogP contribution is 2.26. The average Bonchev–Trinajstić information content (AvgIpc) is 3.08. The summed E-state index contributed by atoms with van der Waals surface area (Å²) in [6.07, 6.45) is 16.6. The zero-order valence-electron chi connectivity index (χ0n) is 14.3. The number of aromatic nitrogens is 2. The van der Waals surface area contributed by atoms with Crippen molar-refractivity contribution in [3.63, 3.8) is 0 Å². The smallest absolute Gasteiger partial charge is 0.190 e. The van der Waals surface area contributed by atoms with Gasteiger partial charge in [-0.15, -0.1) is 24.0 Å². The number of halogens is 1. The van der Waals surface area contributed by atoms with Crippen molar-refractivity contribution in [1.82, 2.24) is 20.2 Å². The van der Waals surface area contributed by atoms with Gasteiger partial charge >= 0.3 is 0 Å². The average molecular weight is 433 g/mol. The first-order valence-electron chi connectivity index (χ1n) is 8.79. The fourth-order valence-electron chi connectivity index (χ4n) is 3.18. The van der Waals surface area contributed by atoms with E-state index in [1.54, 1.807) is 0 Å². The number of aliphatic imine (C=N–C) groups is 1. The largest absolute Gasteiger partial charge is 0.356 e. The first-order chi connectivity index (χ1) is 10.9. The molecule has 1 fully saturated rings. The zero-order chi connectivity index (χ0) is 15.5. The molecule has 0 aromatic carbocycles. The summed E-state index contributed by atoms with van der Waals surface area (Å²) in [5.41, 5.74) is 0. The van der Waals surface area contributed by atoms with Crippen LogP contribution in [0.4, 0.5) is 0 Å². The van der Waals surface area contributed by atoms with Crippen LogP contribution in [0, 0.1) is 5.92 Å². The number of nitrogens with zero attached hydrogens (tertiary/aromatic N) is 3. The van der Waals surface area contributed by atoms with Gasteiger partial charge in [0.25, 0.3) is 0 Å². The lowest BCUT2D eigenvalue weighted by Gasteiger charge is -2.21. The number of hydrogen-bond donors (Lipinski definition) is 2. The Kier molecular flexibility index (Phi) is 11.1. The van der Waals surface area contributed by atoms with Crippen LogP contribution in [-0.4, -0.2) is 35.6 Å². The first-order valence-corrected chi connectivity index (χ1v) is 8.79. The van der Waals surface area contributed by atoms with E-state index in [2.05, 4.69) is 25.2 Å². The van der Waals surface area contributed by atoms with Gasteiger partial charge in [0.15, 0.2) is 5.96 Å². The fraction of sp³-hybridized carbons (Fsp3) is 0.765.